The van der Waals surface area contributed by atoms with Gasteiger partial charge in [-0.05, 0) is 52.2 Å². The Morgan fingerprint density at radius 2 is 1.35 bits per heavy atom. The molecule has 0 saturated heterocycles. The molecule has 0 fully saturated rings. The molecule has 2 aromatic rings. The summed E-state index contributed by atoms with van der Waals surface area (Å²) in [4.78, 5) is 0. The maximum Gasteiger partial charge on any atom is 0.0942 e. The summed E-state index contributed by atoms with van der Waals surface area (Å²) in [5.41, 5.74) is 9.36. The van der Waals surface area contributed by atoms with Gasteiger partial charge >= 0.3 is 0 Å². The van der Waals surface area contributed by atoms with E-state index < -0.39 is 8.07 Å². The molecule has 0 bridgehead atoms. The van der Waals surface area contributed by atoms with Crippen LogP contribution < -0.4 is 5.19 Å². The Morgan fingerprint density at radius 3 is 1.88 bits per heavy atom. The summed E-state index contributed by atoms with van der Waals surface area (Å²) >= 11 is 0. The van der Waals surface area contributed by atoms with E-state index in [-0.39, 0.29) is 0 Å². The van der Waals surface area contributed by atoms with E-state index in [4.69, 9.17) is 0 Å². The Bertz CT molecular complexity index is 785. The molecule has 0 amide bonds. The summed E-state index contributed by atoms with van der Waals surface area (Å²) in [7, 11) is -1.57. The standard InChI is InChI=1S/C25H34Si/c1-17(2)26(18(3)4,19(5)6)23-13-11-21(12-14-23)24-10-8-9-22-15-20(7)16-25(22)24/h8-14,16-19H,15H2,1-7H3. The minimum Gasteiger partial charge on any atom is -0.0683 e. The van der Waals surface area contributed by atoms with Crippen LogP contribution >= 0.6 is 0 Å². The van der Waals surface area contributed by atoms with Crippen molar-refractivity contribution >= 4 is 19.3 Å². The second-order valence-corrected chi connectivity index (χ2v) is 14.9. The van der Waals surface area contributed by atoms with Crippen molar-refractivity contribution in [1.82, 2.24) is 0 Å². The van der Waals surface area contributed by atoms with Crippen LogP contribution in [0.1, 0.15) is 59.6 Å². The minimum absolute atomic E-state index is 0.750. The summed E-state index contributed by atoms with van der Waals surface area (Å²) in [6.45, 7) is 16.9. The van der Waals surface area contributed by atoms with E-state index in [0.717, 1.165) is 23.0 Å². The van der Waals surface area contributed by atoms with Crippen molar-refractivity contribution in [1.29, 1.82) is 0 Å². The van der Waals surface area contributed by atoms with Crippen molar-refractivity contribution in [2.75, 3.05) is 0 Å². The van der Waals surface area contributed by atoms with Gasteiger partial charge in [-0.3, -0.25) is 0 Å². The lowest BCUT2D eigenvalue weighted by molar-refractivity contribution is 0.835. The third kappa shape index (κ3) is 3.01. The van der Waals surface area contributed by atoms with Crippen LogP contribution in [0.2, 0.25) is 16.6 Å². The highest BCUT2D eigenvalue weighted by Gasteiger charge is 2.44. The van der Waals surface area contributed by atoms with Gasteiger partial charge in [-0.15, -0.1) is 0 Å². The van der Waals surface area contributed by atoms with Crippen LogP contribution in [0.5, 0.6) is 0 Å². The molecular weight excluding hydrogens is 328 g/mol. The van der Waals surface area contributed by atoms with Crippen LogP contribution in [0.15, 0.2) is 48.0 Å². The first-order valence-electron chi connectivity index (χ1n) is 10.2. The van der Waals surface area contributed by atoms with Crippen molar-refractivity contribution in [3.63, 3.8) is 0 Å². The quantitative estimate of drug-likeness (QED) is 0.493. The fourth-order valence-electron chi connectivity index (χ4n) is 5.73. The second kappa shape index (κ2) is 7.19. The van der Waals surface area contributed by atoms with Gasteiger partial charge in [0.2, 0.25) is 0 Å². The zero-order valence-electron chi connectivity index (χ0n) is 17.6. The van der Waals surface area contributed by atoms with Crippen molar-refractivity contribution < 1.29 is 0 Å². The summed E-state index contributed by atoms with van der Waals surface area (Å²) in [6, 6.07) is 16.4. The molecule has 2 aromatic carbocycles. The molecule has 1 aliphatic rings. The highest BCUT2D eigenvalue weighted by atomic mass is 28.3. The molecule has 0 unspecified atom stereocenters. The third-order valence-corrected chi connectivity index (χ3v) is 13.7. The highest BCUT2D eigenvalue weighted by Crippen LogP contribution is 2.41. The van der Waals surface area contributed by atoms with Gasteiger partial charge in [-0.1, -0.05) is 101 Å². The maximum atomic E-state index is 2.45. The molecule has 1 aliphatic carbocycles. The predicted molar refractivity (Wildman–Crippen MR) is 120 cm³/mol. The Kier molecular flexibility index (Phi) is 5.30. The molecule has 26 heavy (non-hydrogen) atoms. The van der Waals surface area contributed by atoms with Crippen LogP contribution in [0, 0.1) is 0 Å². The van der Waals surface area contributed by atoms with Gasteiger partial charge in [0.05, 0.1) is 8.07 Å². The summed E-state index contributed by atoms with van der Waals surface area (Å²) < 4.78 is 0. The fraction of sp³-hybridized carbons (Fsp3) is 0.440. The van der Waals surface area contributed by atoms with Gasteiger partial charge in [0, 0.05) is 0 Å². The smallest absolute Gasteiger partial charge is 0.0683 e. The number of rotatable bonds is 5. The summed E-state index contributed by atoms with van der Waals surface area (Å²) in [5.74, 6) is 0. The Hall–Kier alpha value is -1.60. The number of fused-ring (bicyclic) bond motifs is 1. The molecule has 0 heterocycles. The van der Waals surface area contributed by atoms with Gasteiger partial charge in [-0.25, -0.2) is 0 Å². The average Bonchev–Trinajstić information content (AvgIpc) is 2.95. The number of benzene rings is 2. The molecule has 3 rings (SSSR count). The van der Waals surface area contributed by atoms with Crippen LogP contribution in [-0.4, -0.2) is 8.07 Å². The second-order valence-electron chi connectivity index (χ2n) is 9.02. The number of allylic oxidation sites excluding steroid dienone is 1. The van der Waals surface area contributed by atoms with Gasteiger partial charge in [0.1, 0.15) is 0 Å². The van der Waals surface area contributed by atoms with Crippen molar-refractivity contribution in [2.45, 2.75) is 71.5 Å². The predicted octanol–water partition coefficient (Wildman–Crippen LogP) is 7.20. The van der Waals surface area contributed by atoms with Crippen molar-refractivity contribution in [3.05, 3.63) is 59.2 Å². The van der Waals surface area contributed by atoms with E-state index in [1.54, 1.807) is 5.19 Å². The van der Waals surface area contributed by atoms with Crippen LogP contribution in [0.3, 0.4) is 0 Å². The highest BCUT2D eigenvalue weighted by molar-refractivity contribution is 6.95. The van der Waals surface area contributed by atoms with E-state index >= 15 is 0 Å². The van der Waals surface area contributed by atoms with E-state index in [0.29, 0.717) is 0 Å². The Labute approximate surface area is 161 Å². The van der Waals surface area contributed by atoms with E-state index in [2.05, 4.69) is 97.0 Å². The molecule has 0 spiro atoms. The molecule has 0 atom stereocenters. The summed E-state index contributed by atoms with van der Waals surface area (Å²) in [5, 5.41) is 1.63. The monoisotopic (exact) mass is 362 g/mol. The zero-order chi connectivity index (χ0) is 19.1. The maximum absolute atomic E-state index is 2.45. The van der Waals surface area contributed by atoms with E-state index in [1.807, 2.05) is 0 Å². The minimum atomic E-state index is -1.57. The first-order valence-corrected chi connectivity index (χ1v) is 12.4. The first kappa shape index (κ1) is 19.2. The van der Waals surface area contributed by atoms with Gasteiger partial charge in [0.15, 0.2) is 0 Å². The van der Waals surface area contributed by atoms with Crippen molar-refractivity contribution in [2.24, 2.45) is 0 Å². The normalized spacial score (nSPS) is 14.3. The number of hydrogen-bond donors (Lipinski definition) is 0. The molecule has 0 radical (unpaired) electrons. The third-order valence-electron chi connectivity index (χ3n) is 6.62. The lowest BCUT2D eigenvalue weighted by atomic mass is 9.97. The SMILES string of the molecule is CC1=Cc2c(cccc2-c2ccc([Si](C(C)C)(C(C)C)C(C)C)cc2)C1. The van der Waals surface area contributed by atoms with E-state index in [1.165, 1.54) is 27.8 Å². The van der Waals surface area contributed by atoms with Crippen LogP contribution in [-0.2, 0) is 6.42 Å². The molecular formula is C25H34Si. The lowest BCUT2D eigenvalue weighted by Crippen LogP contribution is -2.55. The van der Waals surface area contributed by atoms with Crippen LogP contribution in [0.4, 0.5) is 0 Å². The lowest BCUT2D eigenvalue weighted by Gasteiger charge is -2.43. The first-order chi connectivity index (χ1) is 12.3. The molecule has 0 nitrogen and oxygen atoms in total. The molecule has 1 heteroatoms. The average molecular weight is 363 g/mol. The zero-order valence-corrected chi connectivity index (χ0v) is 18.6. The van der Waals surface area contributed by atoms with Gasteiger partial charge < -0.3 is 0 Å². The summed E-state index contributed by atoms with van der Waals surface area (Å²) in [6.07, 6.45) is 3.47. The van der Waals surface area contributed by atoms with Crippen LogP contribution in [0.25, 0.3) is 17.2 Å². The van der Waals surface area contributed by atoms with Gasteiger partial charge in [-0.2, -0.15) is 0 Å². The molecule has 0 aliphatic heterocycles. The molecule has 138 valence electrons. The molecule has 0 aromatic heterocycles. The Morgan fingerprint density at radius 1 is 0.769 bits per heavy atom. The molecule has 0 N–H and O–H groups in total. The number of hydrogen-bond acceptors (Lipinski definition) is 0. The van der Waals surface area contributed by atoms with Crippen molar-refractivity contribution in [3.8, 4) is 11.1 Å². The van der Waals surface area contributed by atoms with E-state index in [9.17, 15) is 0 Å². The Balaban J connectivity index is 2.06. The van der Waals surface area contributed by atoms with Gasteiger partial charge in [0.25, 0.3) is 0 Å². The fourth-order valence-corrected chi connectivity index (χ4v) is 12.5. The largest absolute Gasteiger partial charge is 0.0942 e. The topological polar surface area (TPSA) is 0 Å². The molecule has 0 saturated carbocycles.